The Kier molecular flexibility index (Phi) is 2.15. The first-order valence-corrected chi connectivity index (χ1v) is 4.34. The smallest absolute Gasteiger partial charge is 0.151 e. The van der Waals surface area contributed by atoms with Gasteiger partial charge in [-0.2, -0.15) is 0 Å². The maximum atomic E-state index is 13.2. The number of hydrogen-bond donors (Lipinski definition) is 1. The van der Waals surface area contributed by atoms with Gasteiger partial charge >= 0.3 is 0 Å². The normalized spacial score (nSPS) is 10.6. The number of aryl methyl sites for hydroxylation is 1. The van der Waals surface area contributed by atoms with Gasteiger partial charge in [-0.3, -0.25) is 0 Å². The average molecular weight is 209 g/mol. The Morgan fingerprint density at radius 3 is 2.67 bits per heavy atom. The van der Waals surface area contributed by atoms with Crippen molar-refractivity contribution in [3.63, 3.8) is 0 Å². The van der Waals surface area contributed by atoms with E-state index in [-0.39, 0.29) is 11.4 Å². The van der Waals surface area contributed by atoms with Gasteiger partial charge in [-0.05, 0) is 6.92 Å². The van der Waals surface area contributed by atoms with Crippen molar-refractivity contribution in [1.29, 1.82) is 0 Å². The van der Waals surface area contributed by atoms with Crippen molar-refractivity contribution < 1.29 is 8.78 Å². The molecule has 0 radical (unpaired) electrons. The number of anilines is 1. The number of halogens is 2. The summed E-state index contributed by atoms with van der Waals surface area (Å²) in [6.45, 7) is 1.72. The molecule has 3 nitrogen and oxygen atoms in total. The number of hydrogen-bond acceptors (Lipinski definition) is 2. The molecule has 1 heterocycles. The summed E-state index contributed by atoms with van der Waals surface area (Å²) in [4.78, 5) is 3.96. The molecule has 0 amide bonds. The van der Waals surface area contributed by atoms with Gasteiger partial charge in [0.05, 0.1) is 11.4 Å². The van der Waals surface area contributed by atoms with Crippen molar-refractivity contribution in [1.82, 2.24) is 9.55 Å². The van der Waals surface area contributed by atoms with Crippen molar-refractivity contribution >= 4 is 5.69 Å². The summed E-state index contributed by atoms with van der Waals surface area (Å²) in [6, 6.07) is 1.93. The van der Waals surface area contributed by atoms with Crippen LogP contribution in [0.4, 0.5) is 14.5 Å². The lowest BCUT2D eigenvalue weighted by Gasteiger charge is -2.09. The quantitative estimate of drug-likeness (QED) is 0.730. The van der Waals surface area contributed by atoms with E-state index in [4.69, 9.17) is 5.73 Å². The van der Waals surface area contributed by atoms with E-state index in [9.17, 15) is 8.78 Å². The highest BCUT2D eigenvalue weighted by Gasteiger charge is 2.10. The Hall–Kier alpha value is -1.91. The molecule has 0 aliphatic heterocycles. The number of nitrogen functional groups attached to an aromatic ring is 1. The van der Waals surface area contributed by atoms with Gasteiger partial charge in [-0.1, -0.05) is 0 Å². The van der Waals surface area contributed by atoms with Crippen LogP contribution in [0.1, 0.15) is 5.82 Å². The SMILES string of the molecule is Cc1nccn1-c1cc(F)cc(F)c1N. The maximum absolute atomic E-state index is 13.2. The van der Waals surface area contributed by atoms with Gasteiger partial charge in [0.25, 0.3) is 0 Å². The fourth-order valence-corrected chi connectivity index (χ4v) is 1.40. The standard InChI is InChI=1S/C10H9F2N3/c1-6-14-2-3-15(6)9-5-7(11)4-8(12)10(9)13/h2-5H,13H2,1H3. The summed E-state index contributed by atoms with van der Waals surface area (Å²) in [5.41, 5.74) is 5.70. The van der Waals surface area contributed by atoms with Crippen molar-refractivity contribution in [3.05, 3.63) is 42.0 Å². The highest BCUT2D eigenvalue weighted by molar-refractivity contribution is 5.59. The molecule has 0 unspecified atom stereocenters. The van der Waals surface area contributed by atoms with Crippen LogP contribution in [0.3, 0.4) is 0 Å². The lowest BCUT2D eigenvalue weighted by Crippen LogP contribution is -2.04. The molecule has 0 aliphatic rings. The lowest BCUT2D eigenvalue weighted by molar-refractivity contribution is 0.584. The number of rotatable bonds is 1. The molecular weight excluding hydrogens is 200 g/mol. The molecule has 0 aliphatic carbocycles. The second-order valence-electron chi connectivity index (χ2n) is 3.16. The molecule has 0 fully saturated rings. The lowest BCUT2D eigenvalue weighted by atomic mass is 10.2. The maximum Gasteiger partial charge on any atom is 0.151 e. The van der Waals surface area contributed by atoms with Crippen LogP contribution in [-0.2, 0) is 0 Å². The van der Waals surface area contributed by atoms with E-state index in [2.05, 4.69) is 4.98 Å². The Labute approximate surface area is 85.2 Å². The molecule has 0 bridgehead atoms. The van der Waals surface area contributed by atoms with Gasteiger partial charge in [0.15, 0.2) is 5.82 Å². The fraction of sp³-hybridized carbons (Fsp3) is 0.100. The van der Waals surface area contributed by atoms with Crippen LogP contribution in [0.15, 0.2) is 24.5 Å². The summed E-state index contributed by atoms with van der Waals surface area (Å²) in [7, 11) is 0. The van der Waals surface area contributed by atoms with Crippen LogP contribution >= 0.6 is 0 Å². The van der Waals surface area contributed by atoms with Crippen LogP contribution < -0.4 is 5.73 Å². The molecule has 5 heteroatoms. The van der Waals surface area contributed by atoms with Gasteiger partial charge in [0.1, 0.15) is 11.6 Å². The highest BCUT2D eigenvalue weighted by atomic mass is 19.1. The second-order valence-corrected chi connectivity index (χ2v) is 3.16. The Balaban J connectivity index is 2.68. The van der Waals surface area contributed by atoms with Crippen LogP contribution in [0, 0.1) is 18.6 Å². The number of imidazole rings is 1. The van der Waals surface area contributed by atoms with Crippen LogP contribution in [-0.4, -0.2) is 9.55 Å². The minimum Gasteiger partial charge on any atom is -0.395 e. The zero-order valence-corrected chi connectivity index (χ0v) is 8.04. The third-order valence-electron chi connectivity index (χ3n) is 2.16. The Morgan fingerprint density at radius 2 is 2.07 bits per heavy atom. The molecule has 0 saturated carbocycles. The zero-order chi connectivity index (χ0) is 11.0. The van der Waals surface area contributed by atoms with Gasteiger partial charge in [0.2, 0.25) is 0 Å². The molecule has 2 rings (SSSR count). The average Bonchev–Trinajstić information content (AvgIpc) is 2.58. The monoisotopic (exact) mass is 209 g/mol. The van der Waals surface area contributed by atoms with Gasteiger partial charge in [-0.25, -0.2) is 13.8 Å². The molecular formula is C10H9F2N3. The summed E-state index contributed by atoms with van der Waals surface area (Å²) in [5.74, 6) is -0.811. The minimum absolute atomic E-state index is 0.0856. The summed E-state index contributed by atoms with van der Waals surface area (Å²) in [5, 5.41) is 0. The van der Waals surface area contributed by atoms with E-state index in [0.29, 0.717) is 5.82 Å². The first kappa shape index (κ1) is 9.64. The third kappa shape index (κ3) is 1.56. The Bertz CT molecular complexity index is 505. The topological polar surface area (TPSA) is 43.8 Å². The van der Waals surface area contributed by atoms with E-state index < -0.39 is 11.6 Å². The second kappa shape index (κ2) is 3.34. The number of nitrogens with zero attached hydrogens (tertiary/aromatic N) is 2. The molecule has 2 aromatic rings. The van der Waals surface area contributed by atoms with E-state index in [1.165, 1.54) is 16.8 Å². The van der Waals surface area contributed by atoms with Crippen molar-refractivity contribution in [3.8, 4) is 5.69 Å². The van der Waals surface area contributed by atoms with E-state index in [1.54, 1.807) is 13.1 Å². The summed E-state index contributed by atoms with van der Waals surface area (Å²) in [6.07, 6.45) is 3.14. The van der Waals surface area contributed by atoms with Crippen LogP contribution in [0.25, 0.3) is 5.69 Å². The zero-order valence-electron chi connectivity index (χ0n) is 8.04. The van der Waals surface area contributed by atoms with Crippen molar-refractivity contribution in [2.24, 2.45) is 0 Å². The van der Waals surface area contributed by atoms with E-state index in [0.717, 1.165) is 6.07 Å². The number of nitrogens with two attached hydrogens (primary N) is 1. The van der Waals surface area contributed by atoms with Crippen molar-refractivity contribution in [2.45, 2.75) is 6.92 Å². The molecule has 0 spiro atoms. The molecule has 1 aromatic carbocycles. The number of benzene rings is 1. The third-order valence-corrected chi connectivity index (χ3v) is 2.16. The van der Waals surface area contributed by atoms with Crippen molar-refractivity contribution in [2.75, 3.05) is 5.73 Å². The van der Waals surface area contributed by atoms with Crippen LogP contribution in [0.5, 0.6) is 0 Å². The van der Waals surface area contributed by atoms with Gasteiger partial charge in [-0.15, -0.1) is 0 Å². The minimum atomic E-state index is -0.766. The van der Waals surface area contributed by atoms with E-state index >= 15 is 0 Å². The molecule has 0 saturated heterocycles. The molecule has 15 heavy (non-hydrogen) atoms. The molecule has 0 atom stereocenters. The summed E-state index contributed by atoms with van der Waals surface area (Å²) >= 11 is 0. The largest absolute Gasteiger partial charge is 0.395 e. The number of aromatic nitrogens is 2. The molecule has 78 valence electrons. The summed E-state index contributed by atoms with van der Waals surface area (Å²) < 4.78 is 27.7. The van der Waals surface area contributed by atoms with E-state index in [1.807, 2.05) is 0 Å². The first-order valence-electron chi connectivity index (χ1n) is 4.34. The Morgan fingerprint density at radius 1 is 1.33 bits per heavy atom. The molecule has 2 N–H and O–H groups in total. The highest BCUT2D eigenvalue weighted by Crippen LogP contribution is 2.22. The van der Waals surface area contributed by atoms with Gasteiger partial charge < -0.3 is 10.3 Å². The van der Waals surface area contributed by atoms with Gasteiger partial charge in [0, 0.05) is 24.5 Å². The molecule has 1 aromatic heterocycles. The first-order chi connectivity index (χ1) is 7.09. The predicted octanol–water partition coefficient (Wildman–Crippen LogP) is 2.04. The van der Waals surface area contributed by atoms with Crippen LogP contribution in [0.2, 0.25) is 0 Å². The fourth-order valence-electron chi connectivity index (χ4n) is 1.40. The predicted molar refractivity (Wildman–Crippen MR) is 52.6 cm³/mol.